The first-order valence-electron chi connectivity index (χ1n) is 7.28. The highest BCUT2D eigenvalue weighted by molar-refractivity contribution is 7.10. The van der Waals surface area contributed by atoms with Crippen LogP contribution in [0.3, 0.4) is 0 Å². The van der Waals surface area contributed by atoms with Gasteiger partial charge in [-0.05, 0) is 38.7 Å². The molecule has 4 nitrogen and oxygen atoms in total. The number of hydrogen-bond acceptors (Lipinski definition) is 4. The molecule has 1 aliphatic carbocycles. The molecule has 1 aromatic heterocycles. The number of carbonyl (C=O) groups excluding carboxylic acids is 1. The van der Waals surface area contributed by atoms with Crippen molar-refractivity contribution in [2.24, 2.45) is 11.8 Å². The Labute approximate surface area is 134 Å². The maximum Gasteiger partial charge on any atom is 0.410 e. The van der Waals surface area contributed by atoms with Crippen molar-refractivity contribution in [3.05, 3.63) is 21.3 Å². The summed E-state index contributed by atoms with van der Waals surface area (Å²) in [4.78, 5) is 15.1. The normalized spacial score (nSPS) is 27.6. The van der Waals surface area contributed by atoms with Gasteiger partial charge in [-0.1, -0.05) is 11.6 Å². The second kappa shape index (κ2) is 5.45. The zero-order valence-electron chi connectivity index (χ0n) is 12.6. The van der Waals surface area contributed by atoms with Gasteiger partial charge in [0.2, 0.25) is 0 Å². The predicted molar refractivity (Wildman–Crippen MR) is 84.7 cm³/mol. The van der Waals surface area contributed by atoms with Gasteiger partial charge < -0.3 is 15.0 Å². The summed E-state index contributed by atoms with van der Waals surface area (Å²) in [5.74, 6) is 1.15. The van der Waals surface area contributed by atoms with E-state index in [0.29, 0.717) is 17.9 Å². The molecule has 1 amide bonds. The number of amides is 1. The number of halogens is 1. The van der Waals surface area contributed by atoms with E-state index < -0.39 is 5.60 Å². The SMILES string of the molecule is CC(C)(C)OC(=O)N1CC2C(C1)C2NCc1cc(Cl)cs1. The number of nitrogens with one attached hydrogen (secondary N) is 1. The van der Waals surface area contributed by atoms with Gasteiger partial charge in [-0.25, -0.2) is 4.79 Å². The molecular weight excluding hydrogens is 308 g/mol. The Hall–Kier alpha value is -0.780. The number of rotatable bonds is 3. The van der Waals surface area contributed by atoms with Gasteiger partial charge in [0, 0.05) is 35.9 Å². The summed E-state index contributed by atoms with van der Waals surface area (Å²) >= 11 is 7.60. The fourth-order valence-electron chi connectivity index (χ4n) is 2.97. The van der Waals surface area contributed by atoms with Crippen molar-refractivity contribution in [3.8, 4) is 0 Å². The number of fused-ring (bicyclic) bond motifs is 1. The molecule has 6 heteroatoms. The molecule has 2 aliphatic rings. The lowest BCUT2D eigenvalue weighted by molar-refractivity contribution is 0.0269. The maximum atomic E-state index is 12.0. The van der Waals surface area contributed by atoms with E-state index in [1.165, 1.54) is 4.88 Å². The van der Waals surface area contributed by atoms with Gasteiger partial charge in [0.25, 0.3) is 0 Å². The second-order valence-corrected chi connectivity index (χ2v) is 8.28. The van der Waals surface area contributed by atoms with Gasteiger partial charge in [-0.2, -0.15) is 0 Å². The number of thiophene rings is 1. The van der Waals surface area contributed by atoms with E-state index in [4.69, 9.17) is 16.3 Å². The summed E-state index contributed by atoms with van der Waals surface area (Å²) < 4.78 is 5.41. The number of ether oxygens (including phenoxy) is 1. The van der Waals surface area contributed by atoms with Crippen molar-refractivity contribution in [2.45, 2.75) is 39.0 Å². The summed E-state index contributed by atoms with van der Waals surface area (Å²) in [7, 11) is 0. The number of piperidine rings is 1. The third-order valence-electron chi connectivity index (χ3n) is 3.98. The molecule has 1 saturated heterocycles. The Morgan fingerprint density at radius 1 is 1.48 bits per heavy atom. The average Bonchev–Trinajstić information content (AvgIpc) is 2.77. The van der Waals surface area contributed by atoms with Crippen molar-refractivity contribution in [2.75, 3.05) is 13.1 Å². The lowest BCUT2D eigenvalue weighted by Gasteiger charge is -2.26. The van der Waals surface area contributed by atoms with Crippen molar-refractivity contribution in [1.82, 2.24) is 10.2 Å². The molecule has 0 bridgehead atoms. The fourth-order valence-corrected chi connectivity index (χ4v) is 3.99. The number of likely N-dealkylation sites (tertiary alicyclic amines) is 1. The van der Waals surface area contributed by atoms with E-state index in [9.17, 15) is 4.79 Å². The monoisotopic (exact) mass is 328 g/mol. The lowest BCUT2D eigenvalue weighted by atomic mass is 10.2. The first kappa shape index (κ1) is 15.1. The van der Waals surface area contributed by atoms with Crippen LogP contribution in [0.1, 0.15) is 25.6 Å². The van der Waals surface area contributed by atoms with Crippen LogP contribution in [0.25, 0.3) is 0 Å². The quantitative estimate of drug-likeness (QED) is 0.925. The van der Waals surface area contributed by atoms with Crippen LogP contribution in [0.4, 0.5) is 4.79 Å². The van der Waals surface area contributed by atoms with Gasteiger partial charge in [-0.15, -0.1) is 11.3 Å². The Morgan fingerprint density at radius 3 is 2.67 bits per heavy atom. The molecule has 2 fully saturated rings. The molecule has 1 aromatic rings. The summed E-state index contributed by atoms with van der Waals surface area (Å²) in [6.07, 6.45) is -0.182. The van der Waals surface area contributed by atoms with Crippen molar-refractivity contribution in [3.63, 3.8) is 0 Å². The highest BCUT2D eigenvalue weighted by Gasteiger charge is 2.56. The molecule has 1 aliphatic heterocycles. The molecule has 0 aromatic carbocycles. The minimum absolute atomic E-state index is 0.182. The largest absolute Gasteiger partial charge is 0.444 e. The predicted octanol–water partition coefficient (Wildman–Crippen LogP) is 3.36. The molecule has 0 radical (unpaired) electrons. The minimum atomic E-state index is -0.417. The molecule has 0 spiro atoms. The first-order chi connectivity index (χ1) is 9.83. The van der Waals surface area contributed by atoms with Crippen LogP contribution in [-0.4, -0.2) is 35.7 Å². The van der Waals surface area contributed by atoms with E-state index in [1.807, 2.05) is 37.1 Å². The van der Waals surface area contributed by atoms with E-state index in [1.54, 1.807) is 11.3 Å². The van der Waals surface area contributed by atoms with E-state index in [2.05, 4.69) is 5.32 Å². The molecule has 1 saturated carbocycles. The van der Waals surface area contributed by atoms with Gasteiger partial charge in [0.05, 0.1) is 5.02 Å². The summed E-state index contributed by atoms with van der Waals surface area (Å²) in [5, 5.41) is 6.33. The zero-order chi connectivity index (χ0) is 15.2. The fraction of sp³-hybridized carbons (Fsp3) is 0.667. The molecule has 116 valence electrons. The summed E-state index contributed by atoms with van der Waals surface area (Å²) in [5.41, 5.74) is -0.417. The Balaban J connectivity index is 1.43. The first-order valence-corrected chi connectivity index (χ1v) is 8.53. The molecule has 2 heterocycles. The van der Waals surface area contributed by atoms with Crippen molar-refractivity contribution < 1.29 is 9.53 Å². The minimum Gasteiger partial charge on any atom is -0.444 e. The van der Waals surface area contributed by atoms with Gasteiger partial charge in [0.1, 0.15) is 5.60 Å². The second-order valence-electron chi connectivity index (χ2n) is 6.85. The highest BCUT2D eigenvalue weighted by Crippen LogP contribution is 2.46. The van der Waals surface area contributed by atoms with Crippen LogP contribution >= 0.6 is 22.9 Å². The summed E-state index contributed by atoms with van der Waals surface area (Å²) in [6.45, 7) is 8.18. The summed E-state index contributed by atoms with van der Waals surface area (Å²) in [6, 6.07) is 2.54. The van der Waals surface area contributed by atoms with Gasteiger partial charge in [-0.3, -0.25) is 0 Å². The topological polar surface area (TPSA) is 41.6 Å². The Bertz CT molecular complexity index is 528. The molecule has 1 N–H and O–H groups in total. The van der Waals surface area contributed by atoms with Crippen LogP contribution in [0, 0.1) is 11.8 Å². The highest BCUT2D eigenvalue weighted by atomic mass is 35.5. The van der Waals surface area contributed by atoms with Crippen molar-refractivity contribution in [1.29, 1.82) is 0 Å². The molecular formula is C15H21ClN2O2S. The Kier molecular flexibility index (Phi) is 3.93. The lowest BCUT2D eigenvalue weighted by Crippen LogP contribution is -2.39. The van der Waals surface area contributed by atoms with Gasteiger partial charge >= 0.3 is 6.09 Å². The van der Waals surface area contributed by atoms with Crippen LogP contribution in [0.15, 0.2) is 11.4 Å². The molecule has 2 unspecified atom stereocenters. The third-order valence-corrected chi connectivity index (χ3v) is 5.26. The van der Waals surface area contributed by atoms with E-state index >= 15 is 0 Å². The van der Waals surface area contributed by atoms with Crippen LogP contribution in [0.5, 0.6) is 0 Å². The Morgan fingerprint density at radius 2 is 2.14 bits per heavy atom. The third kappa shape index (κ3) is 3.52. The average molecular weight is 329 g/mol. The van der Waals surface area contributed by atoms with E-state index in [0.717, 1.165) is 24.7 Å². The number of hydrogen-bond donors (Lipinski definition) is 1. The maximum absolute atomic E-state index is 12.0. The van der Waals surface area contributed by atoms with Crippen LogP contribution in [0.2, 0.25) is 5.02 Å². The van der Waals surface area contributed by atoms with Crippen molar-refractivity contribution >= 4 is 29.0 Å². The molecule has 3 rings (SSSR count). The zero-order valence-corrected chi connectivity index (χ0v) is 14.1. The standard InChI is InChI=1S/C15H21ClN2O2S/c1-15(2,3)20-14(19)18-6-11-12(7-18)13(11)17-5-10-4-9(16)8-21-10/h4,8,11-13,17H,5-7H2,1-3H3. The van der Waals surface area contributed by atoms with Gasteiger partial charge in [0.15, 0.2) is 0 Å². The molecule has 21 heavy (non-hydrogen) atoms. The number of nitrogens with zero attached hydrogens (tertiary/aromatic N) is 1. The van der Waals surface area contributed by atoms with Crippen LogP contribution in [-0.2, 0) is 11.3 Å². The van der Waals surface area contributed by atoms with E-state index in [-0.39, 0.29) is 6.09 Å². The molecule has 2 atom stereocenters. The smallest absolute Gasteiger partial charge is 0.410 e. The van der Waals surface area contributed by atoms with Crippen LogP contribution < -0.4 is 5.32 Å². The number of carbonyl (C=O) groups is 1.